The molecular formula is C24H31BF4N3O4P. The molecule has 7 nitrogen and oxygen atoms in total. The molecule has 0 radical (unpaired) electrons. The van der Waals surface area contributed by atoms with Gasteiger partial charge in [0.1, 0.15) is 13.1 Å². The normalized spacial score (nSPS) is 18.5. The summed E-state index contributed by atoms with van der Waals surface area (Å²) >= 11 is 0. The fraction of sp³-hybridized carbons (Fsp3) is 0.375. The highest BCUT2D eigenvalue weighted by atomic mass is 31.2. The number of aromatic nitrogens is 2. The molecule has 1 saturated heterocycles. The second-order valence-corrected chi connectivity index (χ2v) is 10.3. The van der Waals surface area contributed by atoms with Crippen molar-refractivity contribution >= 4 is 32.8 Å². The lowest BCUT2D eigenvalue weighted by Gasteiger charge is -2.27. The maximum atomic E-state index is 13.2. The number of nitrogens with one attached hydrogen (secondary N) is 1. The number of Topliss-reactive ketones (excluding diaryl/α,β-unsaturated/α-hetero) is 1. The van der Waals surface area contributed by atoms with E-state index >= 15 is 0 Å². The van der Waals surface area contributed by atoms with Crippen LogP contribution >= 0.6 is 7.60 Å². The molecule has 1 fully saturated rings. The zero-order chi connectivity index (χ0) is 27.3. The number of piperidine rings is 1. The molecule has 0 aromatic carbocycles. The van der Waals surface area contributed by atoms with E-state index < -0.39 is 14.9 Å². The summed E-state index contributed by atoms with van der Waals surface area (Å²) in [7, 11) is -9.07. The Kier molecular flexibility index (Phi) is 12.3. The highest BCUT2D eigenvalue weighted by molar-refractivity contribution is 7.53. The van der Waals surface area contributed by atoms with E-state index in [1.54, 1.807) is 24.8 Å². The van der Waals surface area contributed by atoms with Gasteiger partial charge in [-0.05, 0) is 49.3 Å². The van der Waals surface area contributed by atoms with Crippen LogP contribution in [0.4, 0.5) is 17.3 Å². The fourth-order valence-electron chi connectivity index (χ4n) is 3.79. The van der Waals surface area contributed by atoms with Crippen molar-refractivity contribution in [2.75, 3.05) is 39.0 Å². The summed E-state index contributed by atoms with van der Waals surface area (Å²) in [6, 6.07) is 7.59. The zero-order valence-electron chi connectivity index (χ0n) is 20.8. The highest BCUT2D eigenvalue weighted by Gasteiger charge is 2.30. The maximum absolute atomic E-state index is 13.2. The first kappa shape index (κ1) is 30.6. The number of nitrogens with zero attached hydrogens (tertiary/aromatic N) is 2. The first-order chi connectivity index (χ1) is 17.5. The van der Waals surface area contributed by atoms with Gasteiger partial charge in [0.05, 0.1) is 37.1 Å². The molecule has 1 aliphatic heterocycles. The van der Waals surface area contributed by atoms with Gasteiger partial charge in [-0.3, -0.25) is 19.3 Å². The number of carbonyl (C=O) groups is 1. The number of halogens is 4. The van der Waals surface area contributed by atoms with Crippen LogP contribution in [0.1, 0.15) is 31.4 Å². The summed E-state index contributed by atoms with van der Waals surface area (Å²) in [4.78, 5) is 22.7. The Morgan fingerprint density at radius 1 is 0.946 bits per heavy atom. The van der Waals surface area contributed by atoms with Crippen molar-refractivity contribution < 1.29 is 40.6 Å². The molecule has 3 heterocycles. The molecule has 0 aliphatic carbocycles. The molecule has 0 amide bonds. The van der Waals surface area contributed by atoms with Gasteiger partial charge in [-0.1, -0.05) is 12.1 Å². The van der Waals surface area contributed by atoms with Crippen LogP contribution in [0.2, 0.25) is 0 Å². The van der Waals surface area contributed by atoms with Crippen molar-refractivity contribution in [3.63, 3.8) is 0 Å². The van der Waals surface area contributed by atoms with Crippen molar-refractivity contribution in [2.24, 2.45) is 0 Å². The predicted molar refractivity (Wildman–Crippen MR) is 136 cm³/mol. The van der Waals surface area contributed by atoms with E-state index in [4.69, 9.17) is 9.05 Å². The maximum Gasteiger partial charge on any atom is 0.673 e. The number of rotatable bonds is 10. The number of hydrogen-bond acceptors (Lipinski definition) is 6. The van der Waals surface area contributed by atoms with Crippen LogP contribution in [0.15, 0.2) is 60.2 Å². The largest absolute Gasteiger partial charge is 0.673 e. The van der Waals surface area contributed by atoms with Gasteiger partial charge in [0.15, 0.2) is 5.78 Å². The predicted octanol–water partition coefficient (Wildman–Crippen LogP) is 4.37. The third-order valence-corrected chi connectivity index (χ3v) is 7.30. The Bertz CT molecular complexity index is 1020. The Hall–Kier alpha value is -2.66. The monoisotopic (exact) mass is 543 g/mol. The molecule has 1 N–H and O–H groups in total. The van der Waals surface area contributed by atoms with Crippen molar-refractivity contribution in [1.82, 2.24) is 9.97 Å². The lowest BCUT2D eigenvalue weighted by atomic mass is 9.94. The summed E-state index contributed by atoms with van der Waals surface area (Å²) in [6.07, 6.45) is 11.8. The van der Waals surface area contributed by atoms with Crippen molar-refractivity contribution in [2.45, 2.75) is 20.3 Å². The summed E-state index contributed by atoms with van der Waals surface area (Å²) in [5.74, 6) is 0.0516. The number of ketones is 1. The van der Waals surface area contributed by atoms with Crippen LogP contribution in [0.25, 0.3) is 12.2 Å². The number of pyridine rings is 2. The van der Waals surface area contributed by atoms with Gasteiger partial charge in [0, 0.05) is 31.2 Å². The summed E-state index contributed by atoms with van der Waals surface area (Å²) < 4.78 is 62.6. The topological polar surface area (TPSA) is 82.8 Å². The zero-order valence-corrected chi connectivity index (χ0v) is 21.7. The van der Waals surface area contributed by atoms with Crippen molar-refractivity contribution in [1.29, 1.82) is 0 Å². The van der Waals surface area contributed by atoms with E-state index in [-0.39, 0.29) is 5.78 Å². The molecule has 202 valence electrons. The van der Waals surface area contributed by atoms with Gasteiger partial charge in [-0.15, -0.1) is 0 Å². The lowest BCUT2D eigenvalue weighted by Crippen LogP contribution is -3.13. The number of quaternary nitrogens is 1. The molecule has 0 unspecified atom stereocenters. The van der Waals surface area contributed by atoms with Gasteiger partial charge in [0.25, 0.3) is 0 Å². The quantitative estimate of drug-likeness (QED) is 0.208. The molecule has 0 atom stereocenters. The van der Waals surface area contributed by atoms with Gasteiger partial charge < -0.3 is 31.2 Å². The second-order valence-electron chi connectivity index (χ2n) is 8.11. The molecule has 2 aromatic heterocycles. The molecule has 1 aliphatic rings. The number of hydrogen-bond donors (Lipinski definition) is 1. The van der Waals surface area contributed by atoms with Gasteiger partial charge in [-0.2, -0.15) is 0 Å². The Morgan fingerprint density at radius 2 is 1.41 bits per heavy atom. The smallest absolute Gasteiger partial charge is 0.418 e. The molecule has 13 heteroatoms. The fourth-order valence-corrected chi connectivity index (χ4v) is 5.45. The Balaban J connectivity index is 0.000000877. The first-order valence-electron chi connectivity index (χ1n) is 11.9. The molecule has 0 saturated carbocycles. The van der Waals surface area contributed by atoms with Gasteiger partial charge in [-0.25, -0.2) is 0 Å². The van der Waals surface area contributed by atoms with Crippen molar-refractivity contribution in [3.8, 4) is 0 Å². The third-order valence-electron chi connectivity index (χ3n) is 5.13. The number of likely N-dealkylation sites (tertiary alicyclic amines) is 1. The minimum absolute atomic E-state index is 0.0516. The SMILES string of the molecule is CCOP(=O)(CCC[NH+]1C/C(=C\c2cccnc2)C(=O)/C(=C/c2cccnc2)C1)OCC.F[B-](F)(F)F. The van der Waals surface area contributed by atoms with Crippen LogP contribution < -0.4 is 4.90 Å². The lowest BCUT2D eigenvalue weighted by molar-refractivity contribution is -0.890. The molecular weight excluding hydrogens is 512 g/mol. The molecule has 37 heavy (non-hydrogen) atoms. The second kappa shape index (κ2) is 14.9. The summed E-state index contributed by atoms with van der Waals surface area (Å²) in [5, 5.41) is 0. The molecule has 0 bridgehead atoms. The van der Waals surface area contributed by atoms with Crippen LogP contribution in [-0.4, -0.2) is 62.0 Å². The first-order valence-corrected chi connectivity index (χ1v) is 13.6. The van der Waals surface area contributed by atoms with Crippen LogP contribution in [-0.2, 0) is 18.4 Å². The van der Waals surface area contributed by atoms with E-state index in [9.17, 15) is 26.6 Å². The third kappa shape index (κ3) is 12.0. The Labute approximate surface area is 214 Å². The molecule has 0 spiro atoms. The minimum atomic E-state index is -6.00. The van der Waals surface area contributed by atoms with Crippen LogP contribution in [0, 0.1) is 0 Å². The summed E-state index contributed by atoms with van der Waals surface area (Å²) in [6.45, 7) is 6.32. The summed E-state index contributed by atoms with van der Waals surface area (Å²) in [5.41, 5.74) is 3.28. The van der Waals surface area contributed by atoms with E-state index in [0.29, 0.717) is 38.9 Å². The number of carbonyl (C=O) groups excluding carboxylic acids is 1. The minimum Gasteiger partial charge on any atom is -0.418 e. The molecule has 3 rings (SSSR count). The average Bonchev–Trinajstić information content (AvgIpc) is 2.82. The van der Waals surface area contributed by atoms with Gasteiger partial charge in [0.2, 0.25) is 0 Å². The van der Waals surface area contributed by atoms with Crippen LogP contribution in [0.3, 0.4) is 0 Å². The van der Waals surface area contributed by atoms with Crippen LogP contribution in [0.5, 0.6) is 0 Å². The van der Waals surface area contributed by atoms with E-state index in [0.717, 1.165) is 28.8 Å². The average molecular weight is 543 g/mol. The standard InChI is InChI=1S/C24H30N3O4P.BF4/c1-3-30-32(29,31-4-2)13-7-12-27-18-22(14-20-8-5-10-25-16-20)24(28)23(19-27)15-21-9-6-11-26-17-21;2-1(3,4)5/h5-6,8-11,14-17H,3-4,7,12-13,18-19H2,1-2H3;/q;-1/p+1/b22-14+,23-15+;. The molecule has 2 aromatic rings. The van der Waals surface area contributed by atoms with Gasteiger partial charge >= 0.3 is 14.9 Å². The van der Waals surface area contributed by atoms with E-state index in [1.807, 2.05) is 50.3 Å². The Morgan fingerprint density at radius 3 is 1.78 bits per heavy atom. The van der Waals surface area contributed by atoms with E-state index in [1.165, 1.54) is 4.90 Å². The van der Waals surface area contributed by atoms with Crippen molar-refractivity contribution in [3.05, 3.63) is 71.3 Å². The van der Waals surface area contributed by atoms with E-state index in [2.05, 4.69) is 9.97 Å². The highest BCUT2D eigenvalue weighted by Crippen LogP contribution is 2.48.